The van der Waals surface area contributed by atoms with E-state index < -0.39 is 5.97 Å². The molecule has 2 rings (SSSR count). The molecule has 0 saturated heterocycles. The molecule has 1 heterocycles. The van der Waals surface area contributed by atoms with Gasteiger partial charge in [0.25, 0.3) is 0 Å². The maximum absolute atomic E-state index is 11.0. The van der Waals surface area contributed by atoms with Gasteiger partial charge < -0.3 is 9.94 Å². The number of hydrogen-bond acceptors (Lipinski definition) is 4. The maximum atomic E-state index is 11.0. The monoisotopic (exact) mass is 261 g/mol. The van der Waals surface area contributed by atoms with Crippen LogP contribution in [0.4, 0.5) is 0 Å². The number of hydrogen-bond donors (Lipinski definition) is 1. The van der Waals surface area contributed by atoms with Crippen molar-refractivity contribution in [3.63, 3.8) is 0 Å². The smallest absolute Gasteiger partial charge is 0.359 e. The standard InChI is InChI=1S/C13H11NO3S/c15-13(16)12(11-7-4-8-18-11)14-17-9-10-5-2-1-3-6-10/h1-8H,9H2,(H,15,16)/b14-12+. The molecule has 0 aliphatic rings. The second-order valence-electron chi connectivity index (χ2n) is 3.48. The highest BCUT2D eigenvalue weighted by Crippen LogP contribution is 2.11. The van der Waals surface area contributed by atoms with Crippen LogP contribution < -0.4 is 0 Å². The van der Waals surface area contributed by atoms with E-state index in [2.05, 4.69) is 5.16 Å². The number of rotatable bonds is 5. The Bertz CT molecular complexity index is 535. The van der Waals surface area contributed by atoms with Crippen molar-refractivity contribution in [2.45, 2.75) is 6.61 Å². The zero-order chi connectivity index (χ0) is 12.8. The number of thiophene rings is 1. The third-order valence-corrected chi connectivity index (χ3v) is 3.06. The van der Waals surface area contributed by atoms with Gasteiger partial charge in [-0.05, 0) is 17.0 Å². The lowest BCUT2D eigenvalue weighted by molar-refractivity contribution is -0.129. The third kappa shape index (κ3) is 3.18. The van der Waals surface area contributed by atoms with E-state index in [1.54, 1.807) is 17.5 Å². The highest BCUT2D eigenvalue weighted by Gasteiger charge is 2.14. The fourth-order valence-corrected chi connectivity index (χ4v) is 2.05. The highest BCUT2D eigenvalue weighted by molar-refractivity contribution is 7.13. The number of nitrogens with zero attached hydrogens (tertiary/aromatic N) is 1. The van der Waals surface area contributed by atoms with E-state index in [-0.39, 0.29) is 12.3 Å². The molecule has 0 fully saturated rings. The minimum atomic E-state index is -1.09. The van der Waals surface area contributed by atoms with Crippen LogP contribution in [0, 0.1) is 0 Å². The van der Waals surface area contributed by atoms with Gasteiger partial charge in [-0.1, -0.05) is 41.6 Å². The van der Waals surface area contributed by atoms with E-state index in [9.17, 15) is 4.79 Å². The van der Waals surface area contributed by atoms with E-state index in [0.29, 0.717) is 4.88 Å². The van der Waals surface area contributed by atoms with Gasteiger partial charge in [0.15, 0.2) is 0 Å². The average Bonchev–Trinajstić information content (AvgIpc) is 2.89. The average molecular weight is 261 g/mol. The number of carboxylic acids is 1. The molecule has 0 bridgehead atoms. The summed E-state index contributed by atoms with van der Waals surface area (Å²) < 4.78 is 0. The van der Waals surface area contributed by atoms with Gasteiger partial charge in [0.2, 0.25) is 5.71 Å². The quantitative estimate of drug-likeness (QED) is 0.665. The first-order valence-electron chi connectivity index (χ1n) is 5.28. The molecule has 2 aromatic rings. The first kappa shape index (κ1) is 12.3. The fourth-order valence-electron chi connectivity index (χ4n) is 1.35. The summed E-state index contributed by atoms with van der Waals surface area (Å²) in [4.78, 5) is 16.7. The van der Waals surface area contributed by atoms with Crippen LogP contribution in [-0.4, -0.2) is 16.8 Å². The lowest BCUT2D eigenvalue weighted by Gasteiger charge is -2.01. The van der Waals surface area contributed by atoms with Crippen LogP contribution in [0.1, 0.15) is 10.4 Å². The maximum Gasteiger partial charge on any atom is 0.359 e. The second-order valence-corrected chi connectivity index (χ2v) is 4.43. The molecule has 5 heteroatoms. The predicted octanol–water partition coefficient (Wildman–Crippen LogP) is 2.75. The van der Waals surface area contributed by atoms with Crippen molar-refractivity contribution < 1.29 is 14.7 Å². The van der Waals surface area contributed by atoms with Crippen molar-refractivity contribution in [3.8, 4) is 0 Å². The lowest BCUT2D eigenvalue weighted by atomic mass is 10.2. The first-order valence-corrected chi connectivity index (χ1v) is 6.16. The minimum absolute atomic E-state index is 0.0686. The van der Waals surface area contributed by atoms with Gasteiger partial charge >= 0.3 is 5.97 Å². The normalized spacial score (nSPS) is 11.2. The van der Waals surface area contributed by atoms with Gasteiger partial charge in [-0.25, -0.2) is 4.79 Å². The second kappa shape index (κ2) is 5.97. The van der Waals surface area contributed by atoms with Crippen LogP contribution in [0.3, 0.4) is 0 Å². The molecule has 0 amide bonds. The van der Waals surface area contributed by atoms with Crippen molar-refractivity contribution in [2.75, 3.05) is 0 Å². The molecule has 0 radical (unpaired) electrons. The minimum Gasteiger partial charge on any atom is -0.476 e. The highest BCUT2D eigenvalue weighted by atomic mass is 32.1. The Kier molecular flexibility index (Phi) is 4.09. The molecule has 0 unspecified atom stereocenters. The van der Waals surface area contributed by atoms with E-state index in [0.717, 1.165) is 5.56 Å². The van der Waals surface area contributed by atoms with Gasteiger partial charge in [0, 0.05) is 0 Å². The van der Waals surface area contributed by atoms with Gasteiger partial charge in [0.05, 0.1) is 4.88 Å². The first-order chi connectivity index (χ1) is 8.77. The molecule has 18 heavy (non-hydrogen) atoms. The Balaban J connectivity index is 2.04. The number of oxime groups is 1. The summed E-state index contributed by atoms with van der Waals surface area (Å²) in [5, 5.41) is 14.5. The molecule has 4 nitrogen and oxygen atoms in total. The van der Waals surface area contributed by atoms with E-state index in [4.69, 9.17) is 9.94 Å². The third-order valence-electron chi connectivity index (χ3n) is 2.19. The van der Waals surface area contributed by atoms with Gasteiger partial charge in [-0.3, -0.25) is 0 Å². The SMILES string of the molecule is O=C(O)/C(=N/OCc1ccccc1)c1cccs1. The van der Waals surface area contributed by atoms with E-state index in [1.165, 1.54) is 11.3 Å². The lowest BCUT2D eigenvalue weighted by Crippen LogP contribution is -2.13. The Morgan fingerprint density at radius 2 is 2.00 bits per heavy atom. The molecule has 0 atom stereocenters. The van der Waals surface area contributed by atoms with Crippen LogP contribution in [-0.2, 0) is 16.2 Å². The van der Waals surface area contributed by atoms with Crippen molar-refractivity contribution >= 4 is 23.0 Å². The van der Waals surface area contributed by atoms with Gasteiger partial charge in [-0.2, -0.15) is 0 Å². The summed E-state index contributed by atoms with van der Waals surface area (Å²) in [5.41, 5.74) is 0.873. The van der Waals surface area contributed by atoms with E-state index in [1.807, 2.05) is 30.3 Å². The zero-order valence-electron chi connectivity index (χ0n) is 9.45. The molecule has 1 N–H and O–H groups in total. The van der Waals surface area contributed by atoms with Crippen molar-refractivity contribution in [3.05, 3.63) is 58.3 Å². The predicted molar refractivity (Wildman–Crippen MR) is 69.7 cm³/mol. The van der Waals surface area contributed by atoms with Crippen LogP contribution in [0.2, 0.25) is 0 Å². The Hall–Kier alpha value is -2.14. The molecule has 1 aromatic heterocycles. The van der Waals surface area contributed by atoms with Crippen molar-refractivity contribution in [1.29, 1.82) is 0 Å². The Labute approximate surface area is 108 Å². The number of carboxylic acid groups (broad SMARTS) is 1. The number of aliphatic carboxylic acids is 1. The molecular weight excluding hydrogens is 250 g/mol. The molecule has 0 aliphatic carbocycles. The van der Waals surface area contributed by atoms with Crippen LogP contribution in [0.25, 0.3) is 0 Å². The molecule has 1 aromatic carbocycles. The Morgan fingerprint density at radius 3 is 2.61 bits per heavy atom. The zero-order valence-corrected chi connectivity index (χ0v) is 10.3. The van der Waals surface area contributed by atoms with Crippen LogP contribution in [0.5, 0.6) is 0 Å². The van der Waals surface area contributed by atoms with Gasteiger partial charge in [0.1, 0.15) is 6.61 Å². The van der Waals surface area contributed by atoms with Crippen LogP contribution >= 0.6 is 11.3 Å². The van der Waals surface area contributed by atoms with Gasteiger partial charge in [-0.15, -0.1) is 11.3 Å². The Morgan fingerprint density at radius 1 is 1.22 bits per heavy atom. The largest absolute Gasteiger partial charge is 0.476 e. The van der Waals surface area contributed by atoms with Crippen molar-refractivity contribution in [1.82, 2.24) is 0 Å². The molecule has 0 spiro atoms. The summed E-state index contributed by atoms with van der Waals surface area (Å²) in [6, 6.07) is 12.9. The van der Waals surface area contributed by atoms with E-state index >= 15 is 0 Å². The molecular formula is C13H11NO3S. The van der Waals surface area contributed by atoms with Crippen LogP contribution in [0.15, 0.2) is 53.0 Å². The summed E-state index contributed by atoms with van der Waals surface area (Å²) in [5.74, 6) is -1.09. The summed E-state index contributed by atoms with van der Waals surface area (Å²) in [6.45, 7) is 0.253. The number of benzene rings is 1. The molecule has 0 aliphatic heterocycles. The van der Waals surface area contributed by atoms with Crippen molar-refractivity contribution in [2.24, 2.45) is 5.16 Å². The topological polar surface area (TPSA) is 58.9 Å². The fraction of sp³-hybridized carbons (Fsp3) is 0.0769. The molecule has 0 saturated carbocycles. The summed E-state index contributed by atoms with van der Waals surface area (Å²) in [7, 11) is 0. The number of carbonyl (C=O) groups is 1. The summed E-state index contributed by atoms with van der Waals surface area (Å²) >= 11 is 1.31. The molecule has 92 valence electrons. The summed E-state index contributed by atoms with van der Waals surface area (Å²) in [6.07, 6.45) is 0.